The predicted octanol–water partition coefficient (Wildman–Crippen LogP) is 2.03. The van der Waals surface area contributed by atoms with Gasteiger partial charge < -0.3 is 68.2 Å². The molecule has 2 aliphatic heterocycles. The van der Waals surface area contributed by atoms with Gasteiger partial charge in [-0.05, 0) is 55.5 Å². The smallest absolute Gasteiger partial charge is 0.508 e. The van der Waals surface area contributed by atoms with Crippen LogP contribution in [-0.2, 0) is 52.2 Å². The molecule has 2 fully saturated rings. The molecular formula is C36H48O18. The highest BCUT2D eigenvalue weighted by Crippen LogP contribution is 2.55. The topological polar surface area (TPSA) is 252 Å². The summed E-state index contributed by atoms with van der Waals surface area (Å²) in [5, 5.41) is 53.0. The van der Waals surface area contributed by atoms with Crippen molar-refractivity contribution in [1.82, 2.24) is 0 Å². The normalized spacial score (nSPS) is 31.9. The van der Waals surface area contributed by atoms with Gasteiger partial charge in [0.25, 0.3) is 11.6 Å². The Kier molecular flexibility index (Phi) is 14.3. The van der Waals surface area contributed by atoms with Crippen LogP contribution < -0.4 is 0 Å². The van der Waals surface area contributed by atoms with Gasteiger partial charge in [-0.1, -0.05) is 26.0 Å². The Morgan fingerprint density at radius 2 is 1.65 bits per heavy atom. The summed E-state index contributed by atoms with van der Waals surface area (Å²) in [7, 11) is 0. The molecule has 7 unspecified atom stereocenters. The molecule has 54 heavy (non-hydrogen) atoms. The van der Waals surface area contributed by atoms with Crippen molar-refractivity contribution in [2.75, 3.05) is 26.4 Å². The summed E-state index contributed by atoms with van der Waals surface area (Å²) < 4.78 is 49.5. The molecule has 4 rings (SSSR count). The van der Waals surface area contributed by atoms with Crippen LogP contribution in [0.4, 0.5) is 9.59 Å². The molecule has 0 bridgehead atoms. The second kappa shape index (κ2) is 18.2. The number of benzene rings is 1. The highest BCUT2D eigenvalue weighted by atomic mass is 16.8. The number of phenolic OH excluding ortho intramolecular Hbond substituents is 1. The summed E-state index contributed by atoms with van der Waals surface area (Å²) in [6.07, 6.45) is -8.96. The number of carbonyl (C=O) groups excluding carboxylic acids is 4. The standard InChI is InChI=1S/C36H48O18/c1-6-46-33(43)51-25-15-23-21(18-49-35(5,53-27(40)14-19(3)4)31(23)36(25,45)54-34(44)47-7-2)17-48-32-30(29(42)28(41)24(16-37)50-32)52-26(39)13-10-20-8-11-22(38)12-9-20/h8-13,18-19,23-25,28-32,37-38,41-42,45H,6-7,14-17H2,1-5H3/b13-10+/t23?,24?,25-,28?,29?,30?,31?,32?,35-,36-/m0/s1. The number of aromatic hydroxyl groups is 1. The Labute approximate surface area is 311 Å². The summed E-state index contributed by atoms with van der Waals surface area (Å²) in [6, 6.07) is 5.88. The molecule has 18 nitrogen and oxygen atoms in total. The molecule has 1 aromatic carbocycles. The highest BCUT2D eigenvalue weighted by molar-refractivity contribution is 5.87. The van der Waals surface area contributed by atoms with E-state index >= 15 is 0 Å². The van der Waals surface area contributed by atoms with Gasteiger partial charge in [-0.2, -0.15) is 0 Å². The molecule has 0 amide bonds. The van der Waals surface area contributed by atoms with Crippen molar-refractivity contribution in [3.63, 3.8) is 0 Å². The van der Waals surface area contributed by atoms with Crippen LogP contribution in [0, 0.1) is 17.8 Å². The number of rotatable bonds is 14. The van der Waals surface area contributed by atoms with Crippen molar-refractivity contribution in [1.29, 1.82) is 0 Å². The molecule has 0 radical (unpaired) electrons. The predicted molar refractivity (Wildman–Crippen MR) is 180 cm³/mol. The van der Waals surface area contributed by atoms with E-state index in [9.17, 15) is 44.7 Å². The van der Waals surface area contributed by atoms with E-state index in [4.69, 9.17) is 42.6 Å². The van der Waals surface area contributed by atoms with Crippen LogP contribution in [0.2, 0.25) is 0 Å². The maximum atomic E-state index is 13.0. The minimum atomic E-state index is -2.73. The maximum Gasteiger partial charge on any atom is 0.510 e. The monoisotopic (exact) mass is 768 g/mol. The molecule has 18 heteroatoms. The van der Waals surface area contributed by atoms with Crippen molar-refractivity contribution in [3.8, 4) is 5.75 Å². The van der Waals surface area contributed by atoms with Crippen molar-refractivity contribution in [2.45, 2.75) is 95.8 Å². The number of phenols is 1. The van der Waals surface area contributed by atoms with Crippen LogP contribution in [0.1, 0.15) is 53.0 Å². The number of aliphatic hydroxyl groups is 4. The molecule has 1 aromatic rings. The second-order valence-electron chi connectivity index (χ2n) is 13.4. The molecule has 1 aliphatic carbocycles. The van der Waals surface area contributed by atoms with E-state index in [1.165, 1.54) is 57.4 Å². The number of hydrogen-bond acceptors (Lipinski definition) is 18. The minimum Gasteiger partial charge on any atom is -0.508 e. The summed E-state index contributed by atoms with van der Waals surface area (Å²) >= 11 is 0. The SMILES string of the molecule is CCOC(=O)O[C@H]1CC2C(COC3OC(CO)C(O)C(O)C3OC(=O)/C=C/c3ccc(O)cc3)=CO[C@@](C)(OC(=O)CC(C)C)C2[C@@]1(O)OC(=O)OCC. The molecule has 2 heterocycles. The van der Waals surface area contributed by atoms with Crippen molar-refractivity contribution in [2.24, 2.45) is 17.8 Å². The molecule has 5 N–H and O–H groups in total. The summed E-state index contributed by atoms with van der Waals surface area (Å²) in [4.78, 5) is 51.1. The molecule has 300 valence electrons. The first-order chi connectivity index (χ1) is 25.5. The van der Waals surface area contributed by atoms with Crippen molar-refractivity contribution < 1.29 is 87.3 Å². The second-order valence-corrected chi connectivity index (χ2v) is 13.4. The van der Waals surface area contributed by atoms with Gasteiger partial charge >= 0.3 is 24.2 Å². The average Bonchev–Trinajstić information content (AvgIpc) is 3.38. The lowest BCUT2D eigenvalue weighted by atomic mass is 9.79. The Balaban J connectivity index is 1.65. The summed E-state index contributed by atoms with van der Waals surface area (Å²) in [5.74, 6) is -9.03. The Morgan fingerprint density at radius 3 is 2.28 bits per heavy atom. The van der Waals surface area contributed by atoms with Gasteiger partial charge in [0.2, 0.25) is 0 Å². The van der Waals surface area contributed by atoms with Gasteiger partial charge in [0.15, 0.2) is 18.5 Å². The lowest BCUT2D eigenvalue weighted by Crippen LogP contribution is -2.61. The summed E-state index contributed by atoms with van der Waals surface area (Å²) in [5.41, 5.74) is 0.744. The number of fused-ring (bicyclic) bond motifs is 1. The van der Waals surface area contributed by atoms with Crippen LogP contribution in [0.5, 0.6) is 5.75 Å². The number of aliphatic hydroxyl groups excluding tert-OH is 3. The fourth-order valence-electron chi connectivity index (χ4n) is 6.54. The van der Waals surface area contributed by atoms with E-state index in [0.29, 0.717) is 5.56 Å². The lowest BCUT2D eigenvalue weighted by Gasteiger charge is -2.46. The zero-order valence-corrected chi connectivity index (χ0v) is 30.5. The third-order valence-electron chi connectivity index (χ3n) is 8.96. The maximum absolute atomic E-state index is 13.0. The van der Waals surface area contributed by atoms with Gasteiger partial charge in [-0.15, -0.1) is 0 Å². The number of hydrogen-bond donors (Lipinski definition) is 5. The summed E-state index contributed by atoms with van der Waals surface area (Å²) in [6.45, 7) is 6.47. The Morgan fingerprint density at radius 1 is 0.981 bits per heavy atom. The zero-order valence-electron chi connectivity index (χ0n) is 30.5. The fraction of sp³-hybridized carbons (Fsp3) is 0.611. The van der Waals surface area contributed by atoms with E-state index in [-0.39, 0.29) is 43.3 Å². The Bertz CT molecular complexity index is 1530. The van der Waals surface area contributed by atoms with Crippen LogP contribution in [0.3, 0.4) is 0 Å². The highest BCUT2D eigenvalue weighted by Gasteiger charge is 2.70. The van der Waals surface area contributed by atoms with E-state index in [2.05, 4.69) is 0 Å². The number of esters is 2. The molecule has 3 aliphatic rings. The van der Waals surface area contributed by atoms with Gasteiger partial charge in [0, 0.05) is 25.3 Å². The molecule has 0 spiro atoms. The molecular weight excluding hydrogens is 720 g/mol. The van der Waals surface area contributed by atoms with Gasteiger partial charge in [-0.3, -0.25) is 4.79 Å². The van der Waals surface area contributed by atoms with Gasteiger partial charge in [0.05, 0.1) is 32.7 Å². The van der Waals surface area contributed by atoms with Gasteiger partial charge in [-0.25, -0.2) is 14.4 Å². The van der Waals surface area contributed by atoms with Crippen molar-refractivity contribution in [3.05, 3.63) is 47.7 Å². The number of ether oxygens (including phenoxy) is 9. The first-order valence-electron chi connectivity index (χ1n) is 17.5. The fourth-order valence-corrected chi connectivity index (χ4v) is 6.54. The van der Waals surface area contributed by atoms with Crippen LogP contribution in [0.25, 0.3) is 6.08 Å². The van der Waals surface area contributed by atoms with Gasteiger partial charge in [0.1, 0.15) is 30.0 Å². The quantitative estimate of drug-likeness (QED) is 0.0786. The lowest BCUT2D eigenvalue weighted by molar-refractivity contribution is -0.321. The van der Waals surface area contributed by atoms with Crippen LogP contribution in [0.15, 0.2) is 42.2 Å². The van der Waals surface area contributed by atoms with E-state index in [1.807, 2.05) is 0 Å². The first kappa shape index (κ1) is 42.3. The van der Waals surface area contributed by atoms with E-state index < -0.39 is 97.7 Å². The zero-order chi connectivity index (χ0) is 39.8. The average molecular weight is 769 g/mol. The largest absolute Gasteiger partial charge is 0.510 e. The molecule has 10 atom stereocenters. The van der Waals surface area contributed by atoms with Crippen LogP contribution in [-0.4, -0.2) is 125 Å². The third kappa shape index (κ3) is 9.99. The van der Waals surface area contributed by atoms with Crippen molar-refractivity contribution >= 4 is 30.3 Å². The minimum absolute atomic E-state index is 0.0158. The van der Waals surface area contributed by atoms with Crippen LogP contribution >= 0.6 is 0 Å². The molecule has 0 aromatic heterocycles. The van der Waals surface area contributed by atoms with E-state index in [0.717, 1.165) is 6.08 Å². The van der Waals surface area contributed by atoms with E-state index in [1.54, 1.807) is 13.8 Å². The number of carbonyl (C=O) groups is 4. The first-order valence-corrected chi connectivity index (χ1v) is 17.5. The molecule has 1 saturated heterocycles. The third-order valence-corrected chi connectivity index (χ3v) is 8.96. The Hall–Kier alpha value is -4.46. The molecule has 1 saturated carbocycles.